The van der Waals surface area contributed by atoms with Crippen molar-refractivity contribution in [3.63, 3.8) is 0 Å². The lowest BCUT2D eigenvalue weighted by molar-refractivity contribution is 0.647. The quantitative estimate of drug-likeness (QED) is 0.728. The van der Waals surface area contributed by atoms with Gasteiger partial charge in [-0.15, -0.1) is 11.8 Å². The summed E-state index contributed by atoms with van der Waals surface area (Å²) < 4.78 is 0. The van der Waals surface area contributed by atoms with E-state index in [2.05, 4.69) is 44.2 Å². The van der Waals surface area contributed by atoms with Crippen LogP contribution >= 0.6 is 23.4 Å². The van der Waals surface area contributed by atoms with Crippen LogP contribution in [0.5, 0.6) is 0 Å². The first-order chi connectivity index (χ1) is 10.0. The largest absolute Gasteiger partial charge is 0.323 e. The van der Waals surface area contributed by atoms with Gasteiger partial charge in [-0.3, -0.25) is 0 Å². The highest BCUT2D eigenvalue weighted by Gasteiger charge is 2.07. The molecule has 3 heteroatoms. The van der Waals surface area contributed by atoms with Crippen molar-refractivity contribution < 1.29 is 0 Å². The van der Waals surface area contributed by atoms with Crippen LogP contribution in [0.25, 0.3) is 0 Å². The second-order valence-electron chi connectivity index (χ2n) is 5.71. The summed E-state index contributed by atoms with van der Waals surface area (Å²) >= 11 is 7.73. The number of nitrogens with two attached hydrogens (primary N) is 1. The molecule has 0 radical (unpaired) electrons. The molecule has 0 fully saturated rings. The molecule has 0 heterocycles. The van der Waals surface area contributed by atoms with Gasteiger partial charge in [-0.2, -0.15) is 0 Å². The average molecular weight is 320 g/mol. The van der Waals surface area contributed by atoms with Crippen LogP contribution in [0.2, 0.25) is 5.02 Å². The Labute approximate surface area is 136 Å². The maximum atomic E-state index is 6.28. The molecule has 0 amide bonds. The maximum Gasteiger partial charge on any atom is 0.0417 e. The molecule has 0 aliphatic rings. The number of hydrogen-bond acceptors (Lipinski definition) is 2. The van der Waals surface area contributed by atoms with E-state index in [0.29, 0.717) is 5.92 Å². The Morgan fingerprint density at radius 1 is 1.10 bits per heavy atom. The molecule has 0 bridgehead atoms. The van der Waals surface area contributed by atoms with Gasteiger partial charge in [0, 0.05) is 21.7 Å². The average Bonchev–Trinajstić information content (AvgIpc) is 2.45. The van der Waals surface area contributed by atoms with Gasteiger partial charge in [0.15, 0.2) is 0 Å². The molecular weight excluding hydrogens is 298 g/mol. The molecule has 0 aliphatic heterocycles. The van der Waals surface area contributed by atoms with E-state index >= 15 is 0 Å². The Bertz CT molecular complexity index is 566. The first-order valence-electron chi connectivity index (χ1n) is 7.27. The summed E-state index contributed by atoms with van der Waals surface area (Å²) in [5.74, 6) is 1.53. The highest BCUT2D eigenvalue weighted by Crippen LogP contribution is 2.25. The second-order valence-corrected chi connectivity index (χ2v) is 7.24. The van der Waals surface area contributed by atoms with E-state index in [4.69, 9.17) is 17.3 Å². The van der Waals surface area contributed by atoms with Gasteiger partial charge in [-0.1, -0.05) is 55.8 Å². The van der Waals surface area contributed by atoms with Crippen LogP contribution in [0, 0.1) is 5.92 Å². The van der Waals surface area contributed by atoms with Gasteiger partial charge in [0.1, 0.15) is 0 Å². The van der Waals surface area contributed by atoms with Crippen molar-refractivity contribution in [1.82, 2.24) is 0 Å². The van der Waals surface area contributed by atoms with Crippen LogP contribution in [-0.2, 0) is 6.42 Å². The lowest BCUT2D eigenvalue weighted by atomic mass is 10.0. The summed E-state index contributed by atoms with van der Waals surface area (Å²) in [6.45, 7) is 4.47. The molecular formula is C18H22ClNS. The van der Waals surface area contributed by atoms with Gasteiger partial charge < -0.3 is 5.73 Å². The lowest BCUT2D eigenvalue weighted by Crippen LogP contribution is -2.13. The standard InChI is InChI=1S/C18H22ClNS/c1-13(2)10-14-6-8-15(9-7-14)18(20)12-21-17-5-3-4-16(19)11-17/h3-9,11,13,18H,10,12,20H2,1-2H3. The molecule has 1 atom stereocenters. The SMILES string of the molecule is CC(C)Cc1ccc(C(N)CSc2cccc(Cl)c2)cc1. The van der Waals surface area contributed by atoms with E-state index in [-0.39, 0.29) is 6.04 Å². The predicted octanol–water partition coefficient (Wildman–Crippen LogP) is 5.33. The van der Waals surface area contributed by atoms with Crippen molar-refractivity contribution in [3.05, 3.63) is 64.7 Å². The highest BCUT2D eigenvalue weighted by molar-refractivity contribution is 7.99. The minimum atomic E-state index is 0.0436. The van der Waals surface area contributed by atoms with Crippen LogP contribution < -0.4 is 5.73 Å². The smallest absolute Gasteiger partial charge is 0.0417 e. The molecule has 2 aromatic carbocycles. The van der Waals surface area contributed by atoms with Gasteiger partial charge >= 0.3 is 0 Å². The molecule has 0 aromatic heterocycles. The van der Waals surface area contributed by atoms with Crippen molar-refractivity contribution in [2.75, 3.05) is 5.75 Å². The zero-order valence-electron chi connectivity index (χ0n) is 12.6. The van der Waals surface area contributed by atoms with E-state index in [9.17, 15) is 0 Å². The first kappa shape index (κ1) is 16.4. The third-order valence-corrected chi connectivity index (χ3v) is 4.63. The number of hydrogen-bond donors (Lipinski definition) is 1. The molecule has 21 heavy (non-hydrogen) atoms. The zero-order chi connectivity index (χ0) is 15.2. The summed E-state index contributed by atoms with van der Waals surface area (Å²) in [4.78, 5) is 1.16. The zero-order valence-corrected chi connectivity index (χ0v) is 14.1. The lowest BCUT2D eigenvalue weighted by Gasteiger charge is -2.13. The molecule has 0 saturated carbocycles. The van der Waals surface area contributed by atoms with Crippen LogP contribution in [-0.4, -0.2) is 5.75 Å². The van der Waals surface area contributed by atoms with Crippen molar-refractivity contribution >= 4 is 23.4 Å². The molecule has 0 spiro atoms. The van der Waals surface area contributed by atoms with E-state index in [1.54, 1.807) is 11.8 Å². The van der Waals surface area contributed by atoms with Gasteiger partial charge in [0.05, 0.1) is 0 Å². The summed E-state index contributed by atoms with van der Waals surface area (Å²) in [7, 11) is 0. The summed E-state index contributed by atoms with van der Waals surface area (Å²) in [6, 6.07) is 16.6. The van der Waals surface area contributed by atoms with Crippen molar-refractivity contribution in [1.29, 1.82) is 0 Å². The van der Waals surface area contributed by atoms with E-state index in [0.717, 1.165) is 22.1 Å². The molecule has 0 saturated heterocycles. The topological polar surface area (TPSA) is 26.0 Å². The fourth-order valence-corrected chi connectivity index (χ4v) is 3.42. The molecule has 1 nitrogen and oxygen atoms in total. The molecule has 0 aliphatic carbocycles. The normalized spacial score (nSPS) is 12.6. The van der Waals surface area contributed by atoms with Gasteiger partial charge in [0.25, 0.3) is 0 Å². The number of benzene rings is 2. The van der Waals surface area contributed by atoms with Crippen molar-refractivity contribution in [2.24, 2.45) is 11.7 Å². The van der Waals surface area contributed by atoms with Crippen LogP contribution in [0.3, 0.4) is 0 Å². The fourth-order valence-electron chi connectivity index (χ4n) is 2.21. The Morgan fingerprint density at radius 3 is 2.43 bits per heavy atom. The third-order valence-electron chi connectivity index (χ3n) is 3.28. The maximum absolute atomic E-state index is 6.28. The van der Waals surface area contributed by atoms with E-state index in [1.807, 2.05) is 18.2 Å². The minimum absolute atomic E-state index is 0.0436. The third kappa shape index (κ3) is 5.39. The molecule has 1 unspecified atom stereocenters. The monoisotopic (exact) mass is 319 g/mol. The molecule has 2 rings (SSSR count). The Hall–Kier alpha value is -0.960. The highest BCUT2D eigenvalue weighted by atomic mass is 35.5. The van der Waals surface area contributed by atoms with Crippen LogP contribution in [0.4, 0.5) is 0 Å². The first-order valence-corrected chi connectivity index (χ1v) is 8.63. The van der Waals surface area contributed by atoms with Gasteiger partial charge in [-0.05, 0) is 41.7 Å². The van der Waals surface area contributed by atoms with Crippen molar-refractivity contribution in [2.45, 2.75) is 31.2 Å². The number of rotatable bonds is 6. The Kier molecular flexibility index (Phi) is 6.16. The molecule has 2 N–H and O–H groups in total. The summed E-state index contributed by atoms with van der Waals surface area (Å²) in [6.07, 6.45) is 1.12. The number of thioether (sulfide) groups is 1. The summed E-state index contributed by atoms with van der Waals surface area (Å²) in [5, 5.41) is 0.770. The van der Waals surface area contributed by atoms with Crippen molar-refractivity contribution in [3.8, 4) is 0 Å². The summed E-state index contributed by atoms with van der Waals surface area (Å²) in [5.41, 5.74) is 8.85. The van der Waals surface area contributed by atoms with E-state index in [1.165, 1.54) is 11.1 Å². The Balaban J connectivity index is 1.92. The minimum Gasteiger partial charge on any atom is -0.323 e. The van der Waals surface area contributed by atoms with Crippen LogP contribution in [0.1, 0.15) is 31.0 Å². The molecule has 112 valence electrons. The van der Waals surface area contributed by atoms with Gasteiger partial charge in [-0.25, -0.2) is 0 Å². The van der Waals surface area contributed by atoms with Gasteiger partial charge in [0.2, 0.25) is 0 Å². The number of halogens is 1. The van der Waals surface area contributed by atoms with Crippen LogP contribution in [0.15, 0.2) is 53.4 Å². The molecule has 2 aromatic rings. The second kappa shape index (κ2) is 7.88. The Morgan fingerprint density at radius 2 is 1.81 bits per heavy atom. The predicted molar refractivity (Wildman–Crippen MR) is 94.1 cm³/mol. The fraction of sp³-hybridized carbons (Fsp3) is 0.333. The van der Waals surface area contributed by atoms with E-state index < -0.39 is 0 Å².